The molecule has 0 saturated carbocycles. The predicted octanol–water partition coefficient (Wildman–Crippen LogP) is 3.88. The zero-order chi connectivity index (χ0) is 15.2. The molecule has 0 amide bonds. The van der Waals surface area contributed by atoms with Gasteiger partial charge >= 0.3 is 0 Å². The topological polar surface area (TPSA) is 70.8 Å². The second-order valence-electron chi connectivity index (χ2n) is 4.43. The molecule has 0 aliphatic heterocycles. The summed E-state index contributed by atoms with van der Waals surface area (Å²) in [6.07, 6.45) is 3.31. The minimum Gasteiger partial charge on any atom is -0.439 e. The first-order chi connectivity index (χ1) is 10.8. The molecule has 106 valence electrons. The summed E-state index contributed by atoms with van der Waals surface area (Å²) in [4.78, 5) is 8.29. The first-order valence-corrected chi connectivity index (χ1v) is 6.66. The smallest absolute Gasteiger partial charge is 0.219 e. The Hall–Kier alpha value is -3.39. The van der Waals surface area contributed by atoms with Crippen LogP contribution < -0.4 is 10.1 Å². The van der Waals surface area contributed by atoms with Crippen LogP contribution in [0.5, 0.6) is 11.6 Å². The van der Waals surface area contributed by atoms with E-state index in [-0.39, 0.29) is 0 Å². The van der Waals surface area contributed by atoms with Crippen molar-refractivity contribution in [1.82, 2.24) is 9.97 Å². The van der Waals surface area contributed by atoms with E-state index in [9.17, 15) is 0 Å². The highest BCUT2D eigenvalue weighted by Gasteiger charge is 2.04. The van der Waals surface area contributed by atoms with Gasteiger partial charge in [0, 0.05) is 30.2 Å². The maximum absolute atomic E-state index is 9.08. The maximum atomic E-state index is 9.08. The molecule has 0 radical (unpaired) electrons. The summed E-state index contributed by atoms with van der Waals surface area (Å²) in [5.74, 6) is 1.69. The first kappa shape index (κ1) is 13.6. The zero-order valence-corrected chi connectivity index (χ0v) is 11.6. The number of aromatic nitrogens is 2. The lowest BCUT2D eigenvalue weighted by Crippen LogP contribution is -1.96. The van der Waals surface area contributed by atoms with Crippen LogP contribution in [0.2, 0.25) is 0 Å². The highest BCUT2D eigenvalue weighted by atomic mass is 16.5. The number of rotatable bonds is 4. The summed E-state index contributed by atoms with van der Waals surface area (Å²) in [7, 11) is 0. The van der Waals surface area contributed by atoms with Crippen molar-refractivity contribution in [3.8, 4) is 17.7 Å². The van der Waals surface area contributed by atoms with Gasteiger partial charge in [-0.2, -0.15) is 5.26 Å². The Morgan fingerprint density at radius 1 is 0.955 bits per heavy atom. The molecule has 22 heavy (non-hydrogen) atoms. The largest absolute Gasteiger partial charge is 0.439 e. The van der Waals surface area contributed by atoms with Gasteiger partial charge in [-0.05, 0) is 30.3 Å². The second kappa shape index (κ2) is 6.37. The van der Waals surface area contributed by atoms with Gasteiger partial charge in [0.25, 0.3) is 0 Å². The zero-order valence-electron chi connectivity index (χ0n) is 11.6. The van der Waals surface area contributed by atoms with Crippen molar-refractivity contribution in [3.63, 3.8) is 0 Å². The molecular weight excluding hydrogens is 276 g/mol. The van der Waals surface area contributed by atoms with Crippen LogP contribution in [0.15, 0.2) is 67.0 Å². The second-order valence-corrected chi connectivity index (χ2v) is 4.43. The number of nitriles is 1. The van der Waals surface area contributed by atoms with E-state index in [2.05, 4.69) is 21.4 Å². The number of hydrogen-bond donors (Lipinski definition) is 1. The lowest BCUT2D eigenvalue weighted by Gasteiger charge is -2.09. The lowest BCUT2D eigenvalue weighted by molar-refractivity contribution is 0.463. The standard InChI is InChI=1S/C17H12N4O/c18-12-13-5-4-10-20-17(13)21-14-6-3-7-15(11-14)22-16-8-1-2-9-19-16/h1-11H,(H,20,21). The lowest BCUT2D eigenvalue weighted by atomic mass is 10.2. The van der Waals surface area contributed by atoms with Crippen molar-refractivity contribution < 1.29 is 4.74 Å². The Bertz CT molecular complexity index is 812. The molecule has 0 fully saturated rings. The molecule has 5 heteroatoms. The van der Waals surface area contributed by atoms with Crippen LogP contribution in [0, 0.1) is 11.3 Å². The SMILES string of the molecule is N#Cc1cccnc1Nc1cccc(Oc2ccccn2)c1. The molecule has 2 heterocycles. The third kappa shape index (κ3) is 3.19. The van der Waals surface area contributed by atoms with Crippen LogP contribution in [0.4, 0.5) is 11.5 Å². The van der Waals surface area contributed by atoms with Gasteiger partial charge < -0.3 is 10.1 Å². The molecule has 0 atom stereocenters. The molecule has 0 saturated heterocycles. The van der Waals surface area contributed by atoms with E-state index in [1.54, 1.807) is 30.6 Å². The Morgan fingerprint density at radius 3 is 2.68 bits per heavy atom. The fraction of sp³-hybridized carbons (Fsp3) is 0. The number of hydrogen-bond acceptors (Lipinski definition) is 5. The summed E-state index contributed by atoms with van der Waals surface area (Å²) < 4.78 is 5.68. The van der Waals surface area contributed by atoms with Crippen LogP contribution in [-0.4, -0.2) is 9.97 Å². The van der Waals surface area contributed by atoms with Crippen LogP contribution in [-0.2, 0) is 0 Å². The minimum absolute atomic E-state index is 0.485. The summed E-state index contributed by atoms with van der Waals surface area (Å²) in [6.45, 7) is 0. The monoisotopic (exact) mass is 288 g/mol. The number of ether oxygens (including phenoxy) is 1. The molecule has 0 unspecified atom stereocenters. The van der Waals surface area contributed by atoms with Gasteiger partial charge in [-0.25, -0.2) is 9.97 Å². The van der Waals surface area contributed by atoms with E-state index in [4.69, 9.17) is 10.00 Å². The molecule has 2 aromatic heterocycles. The number of pyridine rings is 2. The first-order valence-electron chi connectivity index (χ1n) is 6.66. The number of nitrogens with zero attached hydrogens (tertiary/aromatic N) is 3. The Balaban J connectivity index is 1.81. The molecule has 3 aromatic rings. The van der Waals surface area contributed by atoms with E-state index >= 15 is 0 Å². The molecule has 3 rings (SSSR count). The Morgan fingerprint density at radius 2 is 1.86 bits per heavy atom. The fourth-order valence-electron chi connectivity index (χ4n) is 1.90. The normalized spacial score (nSPS) is 9.77. The van der Waals surface area contributed by atoms with E-state index in [0.29, 0.717) is 23.0 Å². The van der Waals surface area contributed by atoms with Gasteiger partial charge in [0.1, 0.15) is 17.6 Å². The summed E-state index contributed by atoms with van der Waals surface area (Å²) in [5.41, 5.74) is 1.27. The minimum atomic E-state index is 0.485. The molecule has 1 N–H and O–H groups in total. The van der Waals surface area contributed by atoms with Crippen LogP contribution in [0.25, 0.3) is 0 Å². The van der Waals surface area contributed by atoms with Crippen LogP contribution in [0.1, 0.15) is 5.56 Å². The van der Waals surface area contributed by atoms with Gasteiger partial charge in [0.15, 0.2) is 0 Å². The van der Waals surface area contributed by atoms with Gasteiger partial charge in [-0.3, -0.25) is 0 Å². The third-order valence-electron chi connectivity index (χ3n) is 2.89. The molecule has 1 aromatic carbocycles. The van der Waals surface area contributed by atoms with E-state index < -0.39 is 0 Å². The number of anilines is 2. The maximum Gasteiger partial charge on any atom is 0.219 e. The number of nitrogens with one attached hydrogen (secondary N) is 1. The molecular formula is C17H12N4O. The van der Waals surface area contributed by atoms with Crippen molar-refractivity contribution in [2.45, 2.75) is 0 Å². The average molecular weight is 288 g/mol. The van der Waals surface area contributed by atoms with E-state index in [1.165, 1.54) is 0 Å². The third-order valence-corrected chi connectivity index (χ3v) is 2.89. The van der Waals surface area contributed by atoms with Crippen LogP contribution in [0.3, 0.4) is 0 Å². The molecule has 0 bridgehead atoms. The highest BCUT2D eigenvalue weighted by molar-refractivity contribution is 5.63. The summed E-state index contributed by atoms with van der Waals surface area (Å²) >= 11 is 0. The molecule has 5 nitrogen and oxygen atoms in total. The summed E-state index contributed by atoms with van der Waals surface area (Å²) in [5, 5.41) is 12.2. The quantitative estimate of drug-likeness (QED) is 0.788. The van der Waals surface area contributed by atoms with Crippen molar-refractivity contribution in [2.75, 3.05) is 5.32 Å². The highest BCUT2D eigenvalue weighted by Crippen LogP contribution is 2.25. The van der Waals surface area contributed by atoms with Crippen LogP contribution >= 0.6 is 0 Å². The van der Waals surface area contributed by atoms with Crippen molar-refractivity contribution in [3.05, 3.63) is 72.6 Å². The van der Waals surface area contributed by atoms with Crippen molar-refractivity contribution >= 4 is 11.5 Å². The van der Waals surface area contributed by atoms with Crippen molar-refractivity contribution in [2.24, 2.45) is 0 Å². The van der Waals surface area contributed by atoms with Gasteiger partial charge in [-0.15, -0.1) is 0 Å². The van der Waals surface area contributed by atoms with E-state index in [1.807, 2.05) is 36.4 Å². The Labute approximate surface area is 127 Å². The molecule has 0 aliphatic carbocycles. The van der Waals surface area contributed by atoms with Gasteiger partial charge in [0.2, 0.25) is 5.88 Å². The average Bonchev–Trinajstić information content (AvgIpc) is 2.57. The fourth-order valence-corrected chi connectivity index (χ4v) is 1.90. The predicted molar refractivity (Wildman–Crippen MR) is 83.0 cm³/mol. The Kier molecular flexibility index (Phi) is 3.94. The molecule has 0 spiro atoms. The molecule has 0 aliphatic rings. The van der Waals surface area contributed by atoms with Gasteiger partial charge in [0.05, 0.1) is 5.56 Å². The summed E-state index contributed by atoms with van der Waals surface area (Å²) in [6, 6.07) is 18.4. The van der Waals surface area contributed by atoms with Gasteiger partial charge in [-0.1, -0.05) is 12.1 Å². The van der Waals surface area contributed by atoms with Crippen molar-refractivity contribution in [1.29, 1.82) is 5.26 Å². The van der Waals surface area contributed by atoms with E-state index in [0.717, 1.165) is 5.69 Å². The number of benzene rings is 1.